The first-order chi connectivity index (χ1) is 9.12. The van der Waals surface area contributed by atoms with Crippen LogP contribution in [-0.2, 0) is 6.54 Å². The summed E-state index contributed by atoms with van der Waals surface area (Å²) in [7, 11) is 3.29. The van der Waals surface area contributed by atoms with E-state index >= 15 is 0 Å². The Balaban J connectivity index is 2.10. The number of benzene rings is 1. The van der Waals surface area contributed by atoms with Crippen molar-refractivity contribution in [3.63, 3.8) is 0 Å². The van der Waals surface area contributed by atoms with E-state index in [1.54, 1.807) is 25.6 Å². The molecule has 3 nitrogen and oxygen atoms in total. The Bertz CT molecular complexity index is 530. The molecule has 1 heterocycles. The number of hydrogen-bond acceptors (Lipinski definition) is 4. The molecule has 0 bridgehead atoms. The van der Waals surface area contributed by atoms with Crippen molar-refractivity contribution in [1.29, 1.82) is 0 Å². The van der Waals surface area contributed by atoms with Crippen LogP contribution in [-0.4, -0.2) is 14.2 Å². The Morgan fingerprint density at radius 2 is 1.68 bits per heavy atom. The van der Waals surface area contributed by atoms with E-state index in [1.165, 1.54) is 4.88 Å². The van der Waals surface area contributed by atoms with Crippen LogP contribution in [0.5, 0.6) is 11.5 Å². The van der Waals surface area contributed by atoms with Crippen LogP contribution >= 0.6 is 43.2 Å². The SMILES string of the molecule is COc1cc(NCc2cc(Br)c(Br)s2)cc(OC)c1. The van der Waals surface area contributed by atoms with E-state index in [0.29, 0.717) is 0 Å². The van der Waals surface area contributed by atoms with Gasteiger partial charge in [0.05, 0.1) is 18.0 Å². The molecular formula is C13H13Br2NO2S. The summed E-state index contributed by atoms with van der Waals surface area (Å²) < 4.78 is 12.7. The second-order valence-electron chi connectivity index (χ2n) is 3.79. The predicted octanol–water partition coefficient (Wildman–Crippen LogP) is 4.90. The molecule has 0 spiro atoms. The average molecular weight is 407 g/mol. The minimum Gasteiger partial charge on any atom is -0.497 e. The van der Waals surface area contributed by atoms with Crippen LogP contribution in [0.1, 0.15) is 4.88 Å². The zero-order chi connectivity index (χ0) is 13.8. The van der Waals surface area contributed by atoms with Crippen LogP contribution in [0.3, 0.4) is 0 Å². The van der Waals surface area contributed by atoms with Gasteiger partial charge in [-0.25, -0.2) is 0 Å². The van der Waals surface area contributed by atoms with E-state index < -0.39 is 0 Å². The molecule has 2 rings (SSSR count). The van der Waals surface area contributed by atoms with Gasteiger partial charge in [0.25, 0.3) is 0 Å². The third-order valence-electron chi connectivity index (χ3n) is 2.51. The molecule has 0 fully saturated rings. The quantitative estimate of drug-likeness (QED) is 0.765. The summed E-state index contributed by atoms with van der Waals surface area (Å²) in [5.41, 5.74) is 0.969. The molecule has 102 valence electrons. The van der Waals surface area contributed by atoms with E-state index in [2.05, 4.69) is 43.2 Å². The Morgan fingerprint density at radius 1 is 1.05 bits per heavy atom. The lowest BCUT2D eigenvalue weighted by Crippen LogP contribution is -1.98. The number of rotatable bonds is 5. The first-order valence-corrected chi connectivity index (χ1v) is 7.93. The van der Waals surface area contributed by atoms with Crippen molar-refractivity contribution in [2.75, 3.05) is 19.5 Å². The molecule has 0 unspecified atom stereocenters. The smallest absolute Gasteiger partial charge is 0.124 e. The normalized spacial score (nSPS) is 10.3. The number of halogens is 2. The maximum Gasteiger partial charge on any atom is 0.124 e. The Morgan fingerprint density at radius 3 is 2.16 bits per heavy atom. The lowest BCUT2D eigenvalue weighted by atomic mass is 10.2. The van der Waals surface area contributed by atoms with Crippen LogP contribution in [0.25, 0.3) is 0 Å². The molecule has 0 saturated carbocycles. The highest BCUT2D eigenvalue weighted by atomic mass is 79.9. The first-order valence-electron chi connectivity index (χ1n) is 5.53. The molecule has 0 aliphatic rings. The summed E-state index contributed by atoms with van der Waals surface area (Å²) in [6.07, 6.45) is 0. The summed E-state index contributed by atoms with van der Waals surface area (Å²) >= 11 is 8.67. The molecule has 19 heavy (non-hydrogen) atoms. The van der Waals surface area contributed by atoms with Crippen molar-refractivity contribution in [1.82, 2.24) is 0 Å². The summed E-state index contributed by atoms with van der Waals surface area (Å²) in [5, 5.41) is 3.36. The third-order valence-corrected chi connectivity index (χ3v) is 5.77. The van der Waals surface area contributed by atoms with Crippen LogP contribution in [0, 0.1) is 0 Å². The van der Waals surface area contributed by atoms with Gasteiger partial charge in [-0.15, -0.1) is 11.3 Å². The minimum atomic E-state index is 0.755. The van der Waals surface area contributed by atoms with Gasteiger partial charge in [-0.1, -0.05) is 0 Å². The number of thiophene rings is 1. The molecule has 6 heteroatoms. The van der Waals surface area contributed by atoms with Gasteiger partial charge in [0.2, 0.25) is 0 Å². The highest BCUT2D eigenvalue weighted by Gasteiger charge is 2.05. The second-order valence-corrected chi connectivity index (χ2v) is 7.10. The van der Waals surface area contributed by atoms with Crippen LogP contribution in [0.2, 0.25) is 0 Å². The molecule has 0 radical (unpaired) electrons. The lowest BCUT2D eigenvalue weighted by molar-refractivity contribution is 0.394. The standard InChI is InChI=1S/C13H13Br2NO2S/c1-17-9-3-8(4-10(5-9)18-2)16-7-11-6-12(14)13(15)19-11/h3-6,16H,7H2,1-2H3. The van der Waals surface area contributed by atoms with Crippen molar-refractivity contribution >= 4 is 48.9 Å². The van der Waals surface area contributed by atoms with Gasteiger partial charge in [0, 0.05) is 39.8 Å². The summed E-state index contributed by atoms with van der Waals surface area (Å²) in [6.45, 7) is 0.755. The van der Waals surface area contributed by atoms with Gasteiger partial charge >= 0.3 is 0 Å². The van der Waals surface area contributed by atoms with Crippen molar-refractivity contribution < 1.29 is 9.47 Å². The summed E-state index contributed by atoms with van der Waals surface area (Å²) in [6, 6.07) is 7.84. The Labute approximate surface area is 133 Å². The van der Waals surface area contributed by atoms with Crippen molar-refractivity contribution in [3.05, 3.63) is 37.4 Å². The largest absolute Gasteiger partial charge is 0.497 e. The van der Waals surface area contributed by atoms with E-state index in [9.17, 15) is 0 Å². The zero-order valence-electron chi connectivity index (χ0n) is 10.5. The monoisotopic (exact) mass is 405 g/mol. The fourth-order valence-electron chi connectivity index (χ4n) is 1.58. The average Bonchev–Trinajstić information content (AvgIpc) is 2.75. The maximum absolute atomic E-state index is 5.24. The number of hydrogen-bond donors (Lipinski definition) is 1. The van der Waals surface area contributed by atoms with Gasteiger partial charge < -0.3 is 14.8 Å². The highest BCUT2D eigenvalue weighted by Crippen LogP contribution is 2.33. The van der Waals surface area contributed by atoms with E-state index in [1.807, 2.05) is 18.2 Å². The lowest BCUT2D eigenvalue weighted by Gasteiger charge is -2.09. The van der Waals surface area contributed by atoms with Gasteiger partial charge in [-0.3, -0.25) is 0 Å². The molecule has 0 amide bonds. The summed E-state index contributed by atoms with van der Waals surface area (Å²) in [4.78, 5) is 1.24. The van der Waals surface area contributed by atoms with E-state index in [0.717, 1.165) is 32.0 Å². The zero-order valence-corrected chi connectivity index (χ0v) is 14.5. The molecule has 2 aromatic rings. The number of anilines is 1. The fraction of sp³-hybridized carbons (Fsp3) is 0.231. The van der Waals surface area contributed by atoms with Gasteiger partial charge in [0.1, 0.15) is 11.5 Å². The van der Waals surface area contributed by atoms with E-state index in [4.69, 9.17) is 9.47 Å². The predicted molar refractivity (Wildman–Crippen MR) is 86.6 cm³/mol. The van der Waals surface area contributed by atoms with Crippen molar-refractivity contribution in [2.45, 2.75) is 6.54 Å². The molecule has 0 aliphatic carbocycles. The number of ether oxygens (including phenoxy) is 2. The molecule has 0 saturated heterocycles. The molecule has 1 N–H and O–H groups in total. The first kappa shape index (κ1) is 14.7. The highest BCUT2D eigenvalue weighted by molar-refractivity contribution is 9.13. The van der Waals surface area contributed by atoms with Crippen LogP contribution in [0.15, 0.2) is 32.5 Å². The second kappa shape index (κ2) is 6.63. The van der Waals surface area contributed by atoms with Crippen molar-refractivity contribution in [3.8, 4) is 11.5 Å². The topological polar surface area (TPSA) is 30.5 Å². The number of nitrogens with one attached hydrogen (secondary N) is 1. The molecule has 0 atom stereocenters. The third kappa shape index (κ3) is 3.87. The Kier molecular flexibility index (Phi) is 5.13. The minimum absolute atomic E-state index is 0.755. The maximum atomic E-state index is 5.24. The fourth-order valence-corrected chi connectivity index (χ4v) is 3.69. The molecule has 0 aliphatic heterocycles. The van der Waals surface area contributed by atoms with Gasteiger partial charge in [-0.05, 0) is 37.9 Å². The van der Waals surface area contributed by atoms with Gasteiger partial charge in [-0.2, -0.15) is 0 Å². The van der Waals surface area contributed by atoms with E-state index in [-0.39, 0.29) is 0 Å². The molecule has 1 aromatic carbocycles. The molecular weight excluding hydrogens is 394 g/mol. The van der Waals surface area contributed by atoms with Crippen LogP contribution in [0.4, 0.5) is 5.69 Å². The van der Waals surface area contributed by atoms with Crippen LogP contribution < -0.4 is 14.8 Å². The van der Waals surface area contributed by atoms with Gasteiger partial charge in [0.15, 0.2) is 0 Å². The Hall–Kier alpha value is -0.720. The summed E-state index contributed by atoms with van der Waals surface area (Å²) in [5.74, 6) is 1.55. The number of methoxy groups -OCH3 is 2. The molecule has 1 aromatic heterocycles. The van der Waals surface area contributed by atoms with Crippen molar-refractivity contribution in [2.24, 2.45) is 0 Å².